The first kappa shape index (κ1) is 16.6. The maximum atomic E-state index is 12.8. The van der Waals surface area contributed by atoms with Crippen molar-refractivity contribution < 1.29 is 14.3 Å². The lowest BCUT2D eigenvalue weighted by atomic mass is 10.1. The van der Waals surface area contributed by atoms with Crippen LogP contribution in [0.4, 0.5) is 11.5 Å². The number of carbonyl (C=O) groups excluding carboxylic acids is 2. The third-order valence-electron chi connectivity index (χ3n) is 4.73. The van der Waals surface area contributed by atoms with E-state index < -0.39 is 0 Å². The molecule has 1 fully saturated rings. The van der Waals surface area contributed by atoms with Crippen LogP contribution in [-0.2, 0) is 9.59 Å². The van der Waals surface area contributed by atoms with Crippen molar-refractivity contribution in [3.63, 3.8) is 0 Å². The Morgan fingerprint density at radius 1 is 1.12 bits per heavy atom. The summed E-state index contributed by atoms with van der Waals surface area (Å²) in [6.07, 6.45) is 1.85. The molecule has 1 aromatic carbocycles. The van der Waals surface area contributed by atoms with E-state index in [-0.39, 0.29) is 23.8 Å². The summed E-state index contributed by atoms with van der Waals surface area (Å²) in [7, 11) is 0. The summed E-state index contributed by atoms with van der Waals surface area (Å²) in [5, 5.41) is 0. The first-order valence-corrected chi connectivity index (χ1v) is 8.89. The molecule has 4 rings (SSSR count). The highest BCUT2D eigenvalue weighted by Gasteiger charge is 2.40. The third kappa shape index (κ3) is 3.03. The molecule has 0 radical (unpaired) electrons. The van der Waals surface area contributed by atoms with Gasteiger partial charge in [-0.1, -0.05) is 18.2 Å². The van der Waals surface area contributed by atoms with Crippen LogP contribution in [0.1, 0.15) is 26.7 Å². The van der Waals surface area contributed by atoms with E-state index in [0.29, 0.717) is 29.7 Å². The quantitative estimate of drug-likeness (QED) is 0.850. The number of nitrogens with zero attached hydrogens (tertiary/aromatic N) is 3. The highest BCUT2D eigenvalue weighted by molar-refractivity contribution is 6.04. The van der Waals surface area contributed by atoms with E-state index in [4.69, 9.17) is 4.74 Å². The number of fused-ring (bicyclic) bond motifs is 1. The van der Waals surface area contributed by atoms with Crippen LogP contribution in [0.25, 0.3) is 0 Å². The lowest BCUT2D eigenvalue weighted by Crippen LogP contribution is -2.52. The van der Waals surface area contributed by atoms with E-state index in [9.17, 15) is 9.59 Å². The van der Waals surface area contributed by atoms with Crippen LogP contribution in [0.15, 0.2) is 42.5 Å². The maximum absolute atomic E-state index is 12.8. The van der Waals surface area contributed by atoms with Gasteiger partial charge in [0.1, 0.15) is 5.75 Å². The van der Waals surface area contributed by atoms with Gasteiger partial charge in [-0.25, -0.2) is 0 Å². The Labute approximate surface area is 152 Å². The minimum absolute atomic E-state index is 0.0594. The number of amides is 2. The second-order valence-electron chi connectivity index (χ2n) is 6.87. The van der Waals surface area contributed by atoms with Gasteiger partial charge in [-0.15, -0.1) is 0 Å². The molecule has 2 aromatic rings. The molecule has 1 aliphatic heterocycles. The van der Waals surface area contributed by atoms with Gasteiger partial charge in [0.05, 0.1) is 11.7 Å². The molecule has 6 heteroatoms. The molecule has 1 aromatic heterocycles. The van der Waals surface area contributed by atoms with Crippen LogP contribution in [0, 0.1) is 5.92 Å². The minimum Gasteiger partial charge on any atom is -0.439 e. The summed E-state index contributed by atoms with van der Waals surface area (Å²) < 4.78 is 5.82. The molecule has 26 heavy (non-hydrogen) atoms. The number of aromatic nitrogens is 1. The van der Waals surface area contributed by atoms with E-state index in [0.717, 1.165) is 12.8 Å². The Morgan fingerprint density at radius 2 is 1.85 bits per heavy atom. The lowest BCUT2D eigenvalue weighted by molar-refractivity contribution is -0.120. The fraction of sp³-hybridized carbons (Fsp3) is 0.350. The van der Waals surface area contributed by atoms with Crippen LogP contribution < -0.4 is 14.5 Å². The summed E-state index contributed by atoms with van der Waals surface area (Å²) in [6, 6.07) is 12.8. The Hall–Kier alpha value is -2.89. The molecule has 2 heterocycles. The monoisotopic (exact) mass is 351 g/mol. The van der Waals surface area contributed by atoms with E-state index in [1.54, 1.807) is 15.9 Å². The third-order valence-corrected chi connectivity index (χ3v) is 4.73. The fourth-order valence-electron chi connectivity index (χ4n) is 3.37. The number of hydrogen-bond donors (Lipinski definition) is 0. The second kappa shape index (κ2) is 6.44. The number of anilines is 2. The topological polar surface area (TPSA) is 62.7 Å². The molecular formula is C20H21N3O3. The molecular weight excluding hydrogens is 330 g/mol. The summed E-state index contributed by atoms with van der Waals surface area (Å²) in [6.45, 7) is 3.93. The molecule has 1 aliphatic carbocycles. The molecule has 2 amide bonds. The van der Waals surface area contributed by atoms with Gasteiger partial charge < -0.3 is 9.64 Å². The summed E-state index contributed by atoms with van der Waals surface area (Å²) in [4.78, 5) is 32.9. The number of para-hydroxylation sites is 1. The SMILES string of the molecule is CC(=O)N1c2ccc(Oc3ccccc3)nc2N(C(=O)C2CC2)C[C@@H]1C. The van der Waals surface area contributed by atoms with Gasteiger partial charge in [0, 0.05) is 25.5 Å². The Morgan fingerprint density at radius 3 is 2.50 bits per heavy atom. The van der Waals surface area contributed by atoms with Crippen molar-refractivity contribution in [2.45, 2.75) is 32.7 Å². The molecule has 0 spiro atoms. The van der Waals surface area contributed by atoms with E-state index >= 15 is 0 Å². The van der Waals surface area contributed by atoms with Gasteiger partial charge in [0.2, 0.25) is 17.7 Å². The lowest BCUT2D eigenvalue weighted by Gasteiger charge is -2.40. The van der Waals surface area contributed by atoms with Gasteiger partial charge in [0.15, 0.2) is 5.82 Å². The predicted molar refractivity (Wildman–Crippen MR) is 98.5 cm³/mol. The van der Waals surface area contributed by atoms with Crippen LogP contribution in [0.3, 0.4) is 0 Å². The fourth-order valence-corrected chi connectivity index (χ4v) is 3.37. The molecule has 1 saturated carbocycles. The van der Waals surface area contributed by atoms with Crippen LogP contribution in [-0.4, -0.2) is 29.4 Å². The van der Waals surface area contributed by atoms with Gasteiger partial charge in [0.25, 0.3) is 0 Å². The van der Waals surface area contributed by atoms with E-state index in [1.807, 2.05) is 43.3 Å². The van der Waals surface area contributed by atoms with E-state index in [1.165, 1.54) is 6.92 Å². The van der Waals surface area contributed by atoms with E-state index in [2.05, 4.69) is 4.98 Å². The standard InChI is InChI=1S/C20H21N3O3/c1-13-12-22(20(25)15-8-9-15)19-17(23(13)14(2)24)10-11-18(21-19)26-16-6-4-3-5-7-16/h3-7,10-11,13,15H,8-9,12H2,1-2H3/t13-/m0/s1. The van der Waals surface area contributed by atoms with Crippen molar-refractivity contribution in [1.29, 1.82) is 0 Å². The van der Waals surface area contributed by atoms with Crippen LogP contribution in [0.5, 0.6) is 11.6 Å². The highest BCUT2D eigenvalue weighted by atomic mass is 16.5. The zero-order valence-corrected chi connectivity index (χ0v) is 14.9. The Bertz CT molecular complexity index is 849. The zero-order valence-electron chi connectivity index (χ0n) is 14.9. The van der Waals surface area contributed by atoms with Gasteiger partial charge in [-0.2, -0.15) is 4.98 Å². The number of rotatable bonds is 3. The molecule has 1 atom stereocenters. The summed E-state index contributed by atoms with van der Waals surface area (Å²) >= 11 is 0. The first-order chi connectivity index (χ1) is 12.5. The highest BCUT2D eigenvalue weighted by Crippen LogP contribution is 2.40. The average Bonchev–Trinajstić information content (AvgIpc) is 3.46. The number of ether oxygens (including phenoxy) is 1. The molecule has 0 unspecified atom stereocenters. The largest absolute Gasteiger partial charge is 0.439 e. The normalized spacial score (nSPS) is 19.1. The van der Waals surface area contributed by atoms with Crippen LogP contribution in [0.2, 0.25) is 0 Å². The minimum atomic E-state index is -0.0922. The molecule has 0 N–H and O–H groups in total. The number of hydrogen-bond acceptors (Lipinski definition) is 4. The van der Waals surface area contributed by atoms with Crippen LogP contribution >= 0.6 is 0 Å². The maximum Gasteiger partial charge on any atom is 0.231 e. The van der Waals surface area contributed by atoms with Crippen molar-refractivity contribution in [2.75, 3.05) is 16.3 Å². The summed E-state index contributed by atoms with van der Waals surface area (Å²) in [5.41, 5.74) is 0.658. The van der Waals surface area contributed by atoms with Crippen molar-refractivity contribution in [3.8, 4) is 11.6 Å². The van der Waals surface area contributed by atoms with Crippen molar-refractivity contribution >= 4 is 23.3 Å². The zero-order chi connectivity index (χ0) is 18.3. The Kier molecular flexibility index (Phi) is 4.11. The van der Waals surface area contributed by atoms with Crippen molar-refractivity contribution in [1.82, 2.24) is 4.98 Å². The molecule has 2 aliphatic rings. The predicted octanol–water partition coefficient (Wildman–Crippen LogP) is 3.37. The number of carbonyl (C=O) groups is 2. The second-order valence-corrected chi connectivity index (χ2v) is 6.87. The molecule has 0 bridgehead atoms. The first-order valence-electron chi connectivity index (χ1n) is 8.89. The van der Waals surface area contributed by atoms with Gasteiger partial charge in [-0.05, 0) is 38.0 Å². The molecule has 134 valence electrons. The van der Waals surface area contributed by atoms with Crippen molar-refractivity contribution in [2.24, 2.45) is 5.92 Å². The van der Waals surface area contributed by atoms with Crippen molar-refractivity contribution in [3.05, 3.63) is 42.5 Å². The molecule has 0 saturated heterocycles. The van der Waals surface area contributed by atoms with Gasteiger partial charge in [-0.3, -0.25) is 14.5 Å². The van der Waals surface area contributed by atoms with Gasteiger partial charge >= 0.3 is 0 Å². The summed E-state index contributed by atoms with van der Waals surface area (Å²) in [5.74, 6) is 1.69. The number of benzene rings is 1. The average molecular weight is 351 g/mol. The number of pyridine rings is 1. The molecule has 6 nitrogen and oxygen atoms in total. The Balaban J connectivity index is 1.73. The smallest absolute Gasteiger partial charge is 0.231 e.